The predicted octanol–water partition coefficient (Wildman–Crippen LogP) is 2.84. The van der Waals surface area contributed by atoms with E-state index in [0.29, 0.717) is 16.7 Å². The molecule has 1 saturated heterocycles. The third-order valence-electron chi connectivity index (χ3n) is 5.72. The van der Waals surface area contributed by atoms with Crippen molar-refractivity contribution >= 4 is 29.5 Å². The molecule has 2 aliphatic rings. The van der Waals surface area contributed by atoms with Gasteiger partial charge in [0.15, 0.2) is 0 Å². The topological polar surface area (TPSA) is 96.0 Å². The van der Waals surface area contributed by atoms with Gasteiger partial charge >= 0.3 is 6.09 Å². The number of hydrogen-bond donors (Lipinski definition) is 1. The Bertz CT molecular complexity index is 1160. The Kier molecular flexibility index (Phi) is 5.41. The minimum atomic E-state index is -0.804. The van der Waals surface area contributed by atoms with Crippen molar-refractivity contribution in [2.75, 3.05) is 11.9 Å². The highest BCUT2D eigenvalue weighted by Crippen LogP contribution is 2.31. The highest BCUT2D eigenvalue weighted by Gasteiger charge is 2.39. The first-order valence-corrected chi connectivity index (χ1v) is 10.2. The Balaban J connectivity index is 1.51. The average molecular weight is 439 g/mol. The van der Waals surface area contributed by atoms with Crippen molar-refractivity contribution in [3.05, 3.63) is 58.4 Å². The van der Waals surface area contributed by atoms with E-state index in [1.165, 1.54) is 18.0 Å². The number of piperidine rings is 1. The summed E-state index contributed by atoms with van der Waals surface area (Å²) in [6.07, 6.45) is -0.375. The third-order valence-corrected chi connectivity index (χ3v) is 5.72. The quantitative estimate of drug-likeness (QED) is 0.742. The number of benzene rings is 2. The summed E-state index contributed by atoms with van der Waals surface area (Å²) in [5.41, 5.74) is 2.31. The van der Waals surface area contributed by atoms with E-state index in [4.69, 9.17) is 4.74 Å². The second-order valence-corrected chi connectivity index (χ2v) is 8.06. The first-order valence-electron chi connectivity index (χ1n) is 10.2. The monoisotopic (exact) mass is 439 g/mol. The van der Waals surface area contributed by atoms with Crippen LogP contribution in [0.5, 0.6) is 5.75 Å². The van der Waals surface area contributed by atoms with Crippen LogP contribution in [0.3, 0.4) is 0 Å². The molecular weight excluding hydrogens is 417 g/mol. The molecule has 32 heavy (non-hydrogen) atoms. The smallest absolute Gasteiger partial charge is 0.410 e. The SMILES string of the molecule is Cc1cc(C)c(F)c(N(C)C(=O)Oc2ccc3c(c2)C(=O)N(C2CCC(=O)NC2=O)C3)c1. The number of amides is 4. The van der Waals surface area contributed by atoms with Gasteiger partial charge in [0.1, 0.15) is 17.6 Å². The van der Waals surface area contributed by atoms with Crippen LogP contribution in [0.25, 0.3) is 0 Å². The number of rotatable bonds is 3. The Hall–Kier alpha value is -3.75. The zero-order chi connectivity index (χ0) is 23.2. The number of carbonyl (C=O) groups is 4. The number of imide groups is 1. The van der Waals surface area contributed by atoms with E-state index in [2.05, 4.69) is 5.32 Å². The molecular formula is C23H22FN3O5. The summed E-state index contributed by atoms with van der Waals surface area (Å²) >= 11 is 0. The average Bonchev–Trinajstić information content (AvgIpc) is 3.06. The zero-order valence-corrected chi connectivity index (χ0v) is 17.9. The Morgan fingerprint density at radius 2 is 1.94 bits per heavy atom. The highest BCUT2D eigenvalue weighted by molar-refractivity contribution is 6.05. The Morgan fingerprint density at radius 3 is 2.66 bits per heavy atom. The molecule has 2 aliphatic heterocycles. The number of ether oxygens (including phenoxy) is 1. The maximum absolute atomic E-state index is 14.5. The molecule has 2 aromatic rings. The van der Waals surface area contributed by atoms with Crippen molar-refractivity contribution in [1.82, 2.24) is 10.2 Å². The number of hydrogen-bond acceptors (Lipinski definition) is 5. The molecule has 1 atom stereocenters. The van der Waals surface area contributed by atoms with Gasteiger partial charge in [-0.3, -0.25) is 24.6 Å². The van der Waals surface area contributed by atoms with Crippen molar-refractivity contribution in [2.24, 2.45) is 0 Å². The first-order chi connectivity index (χ1) is 15.2. The van der Waals surface area contributed by atoms with Crippen molar-refractivity contribution in [3.8, 4) is 5.75 Å². The van der Waals surface area contributed by atoms with Crippen LogP contribution in [0.15, 0.2) is 30.3 Å². The molecule has 4 rings (SSSR count). The van der Waals surface area contributed by atoms with Gasteiger partial charge in [0.2, 0.25) is 11.8 Å². The molecule has 1 fully saturated rings. The minimum absolute atomic E-state index is 0.0915. The second kappa shape index (κ2) is 8.07. The molecule has 1 N–H and O–H groups in total. The summed E-state index contributed by atoms with van der Waals surface area (Å²) in [6, 6.07) is 7.14. The fraction of sp³-hybridized carbons (Fsp3) is 0.304. The summed E-state index contributed by atoms with van der Waals surface area (Å²) in [5, 5.41) is 2.25. The molecule has 2 aromatic carbocycles. The van der Waals surface area contributed by atoms with E-state index in [1.807, 2.05) is 0 Å². The summed E-state index contributed by atoms with van der Waals surface area (Å²) in [5.74, 6) is -1.61. The van der Waals surface area contributed by atoms with Gasteiger partial charge in [0, 0.05) is 25.6 Å². The molecule has 0 bridgehead atoms. The van der Waals surface area contributed by atoms with Crippen molar-refractivity contribution < 1.29 is 28.3 Å². The van der Waals surface area contributed by atoms with E-state index in [-0.39, 0.29) is 42.6 Å². The summed E-state index contributed by atoms with van der Waals surface area (Å²) in [7, 11) is 1.41. The lowest BCUT2D eigenvalue weighted by atomic mass is 10.0. The van der Waals surface area contributed by atoms with Crippen LogP contribution < -0.4 is 15.0 Å². The lowest BCUT2D eigenvalue weighted by Crippen LogP contribution is -2.52. The lowest BCUT2D eigenvalue weighted by molar-refractivity contribution is -0.136. The number of halogens is 1. The van der Waals surface area contributed by atoms with Crippen LogP contribution in [0.4, 0.5) is 14.9 Å². The molecule has 166 valence electrons. The van der Waals surface area contributed by atoms with E-state index in [0.717, 1.165) is 10.5 Å². The summed E-state index contributed by atoms with van der Waals surface area (Å²) in [6.45, 7) is 3.64. The van der Waals surface area contributed by atoms with Gasteiger partial charge in [-0.05, 0) is 55.2 Å². The molecule has 0 aliphatic carbocycles. The maximum atomic E-state index is 14.5. The second-order valence-electron chi connectivity index (χ2n) is 8.06. The first kappa shape index (κ1) is 21.5. The van der Waals surface area contributed by atoms with Crippen molar-refractivity contribution in [3.63, 3.8) is 0 Å². The standard InChI is InChI=1S/C23H22FN3O5/c1-12-8-13(2)20(24)18(9-12)26(3)23(31)32-15-5-4-14-11-27(22(30)16(14)10-15)17-6-7-19(28)25-21(17)29/h4-5,8-10,17H,6-7,11H2,1-3H3,(H,25,28,29). The van der Waals surface area contributed by atoms with E-state index >= 15 is 0 Å². The normalized spacial score (nSPS) is 17.8. The Labute approximate surface area is 183 Å². The number of nitrogens with zero attached hydrogens (tertiary/aromatic N) is 2. The molecule has 4 amide bonds. The minimum Gasteiger partial charge on any atom is -0.410 e. The van der Waals surface area contributed by atoms with Gasteiger partial charge in [-0.15, -0.1) is 0 Å². The van der Waals surface area contributed by atoms with E-state index in [9.17, 15) is 23.6 Å². The highest BCUT2D eigenvalue weighted by atomic mass is 19.1. The van der Waals surface area contributed by atoms with Crippen LogP contribution in [0, 0.1) is 19.7 Å². The van der Waals surface area contributed by atoms with Crippen LogP contribution in [-0.4, -0.2) is 41.8 Å². The lowest BCUT2D eigenvalue weighted by Gasteiger charge is -2.29. The number of aryl methyl sites for hydroxylation is 2. The fourth-order valence-electron chi connectivity index (χ4n) is 4.04. The molecule has 0 aromatic heterocycles. The number of anilines is 1. The molecule has 9 heteroatoms. The number of carbonyl (C=O) groups excluding carboxylic acids is 4. The summed E-state index contributed by atoms with van der Waals surface area (Å²) < 4.78 is 19.9. The number of fused-ring (bicyclic) bond motifs is 1. The molecule has 0 spiro atoms. The van der Waals surface area contributed by atoms with Crippen LogP contribution >= 0.6 is 0 Å². The van der Waals surface area contributed by atoms with E-state index in [1.54, 1.807) is 38.1 Å². The van der Waals surface area contributed by atoms with E-state index < -0.39 is 23.9 Å². The van der Waals surface area contributed by atoms with Gasteiger partial charge < -0.3 is 9.64 Å². The molecule has 0 saturated carbocycles. The van der Waals surface area contributed by atoms with Crippen molar-refractivity contribution in [2.45, 2.75) is 39.3 Å². The molecule has 8 nitrogen and oxygen atoms in total. The van der Waals surface area contributed by atoms with Gasteiger partial charge in [-0.25, -0.2) is 9.18 Å². The van der Waals surface area contributed by atoms with Gasteiger partial charge in [-0.2, -0.15) is 0 Å². The Morgan fingerprint density at radius 1 is 1.19 bits per heavy atom. The number of nitrogens with one attached hydrogen (secondary N) is 1. The fourth-order valence-corrected chi connectivity index (χ4v) is 4.04. The molecule has 0 radical (unpaired) electrons. The van der Waals surface area contributed by atoms with Crippen molar-refractivity contribution in [1.29, 1.82) is 0 Å². The molecule has 2 heterocycles. The third kappa shape index (κ3) is 3.81. The van der Waals surface area contributed by atoms with Gasteiger partial charge in [-0.1, -0.05) is 12.1 Å². The maximum Gasteiger partial charge on any atom is 0.419 e. The summed E-state index contributed by atoms with van der Waals surface area (Å²) in [4.78, 5) is 51.5. The van der Waals surface area contributed by atoms with Gasteiger partial charge in [0.05, 0.1) is 5.69 Å². The van der Waals surface area contributed by atoms with Crippen LogP contribution in [-0.2, 0) is 16.1 Å². The largest absolute Gasteiger partial charge is 0.419 e. The zero-order valence-electron chi connectivity index (χ0n) is 17.9. The van der Waals surface area contributed by atoms with Gasteiger partial charge in [0.25, 0.3) is 5.91 Å². The molecule has 1 unspecified atom stereocenters. The van der Waals surface area contributed by atoms with Crippen LogP contribution in [0.2, 0.25) is 0 Å². The predicted molar refractivity (Wildman–Crippen MR) is 113 cm³/mol. The van der Waals surface area contributed by atoms with Crippen LogP contribution in [0.1, 0.15) is 39.9 Å².